The van der Waals surface area contributed by atoms with E-state index >= 15 is 0 Å². The van der Waals surface area contributed by atoms with Crippen molar-refractivity contribution in [1.29, 1.82) is 5.26 Å². The number of ether oxygens (including phenoxy) is 1. The summed E-state index contributed by atoms with van der Waals surface area (Å²) in [5.74, 6) is 2.03. The summed E-state index contributed by atoms with van der Waals surface area (Å²) in [7, 11) is 3.51. The first kappa shape index (κ1) is 19.9. The van der Waals surface area contributed by atoms with Crippen molar-refractivity contribution in [2.75, 3.05) is 19.1 Å². The molecule has 4 nitrogen and oxygen atoms in total. The Morgan fingerprint density at radius 3 is 2.21 bits per heavy atom. The van der Waals surface area contributed by atoms with E-state index in [-0.39, 0.29) is 11.8 Å². The first-order chi connectivity index (χ1) is 13.5. The number of methoxy groups -OCH3 is 1. The monoisotopic (exact) mass is 376 g/mol. The molecule has 1 saturated carbocycles. The molecule has 1 aliphatic carbocycles. The minimum atomic E-state index is -0.00235. The molecule has 1 unspecified atom stereocenters. The zero-order valence-corrected chi connectivity index (χ0v) is 16.9. The summed E-state index contributed by atoms with van der Waals surface area (Å²) in [4.78, 5) is 14.7. The summed E-state index contributed by atoms with van der Waals surface area (Å²) in [5.41, 5.74) is 2.81. The van der Waals surface area contributed by atoms with Crippen molar-refractivity contribution in [3.05, 3.63) is 59.7 Å². The van der Waals surface area contributed by atoms with E-state index in [0.29, 0.717) is 17.4 Å². The molecule has 146 valence electrons. The van der Waals surface area contributed by atoms with Gasteiger partial charge in [-0.25, -0.2) is 0 Å². The van der Waals surface area contributed by atoms with Crippen LogP contribution in [0.3, 0.4) is 0 Å². The van der Waals surface area contributed by atoms with Gasteiger partial charge in [-0.3, -0.25) is 4.79 Å². The van der Waals surface area contributed by atoms with Crippen LogP contribution in [0.4, 0.5) is 5.69 Å². The van der Waals surface area contributed by atoms with Gasteiger partial charge < -0.3 is 9.64 Å². The molecular weight excluding hydrogens is 348 g/mol. The molecular formula is C24H28N2O2. The third-order valence-electron chi connectivity index (χ3n) is 6.17. The molecule has 2 aromatic carbocycles. The highest BCUT2D eigenvalue weighted by Gasteiger charge is 2.31. The number of nitrogens with zero attached hydrogens (tertiary/aromatic N) is 2. The van der Waals surface area contributed by atoms with Crippen molar-refractivity contribution in [2.24, 2.45) is 11.8 Å². The van der Waals surface area contributed by atoms with Crippen molar-refractivity contribution < 1.29 is 9.53 Å². The van der Waals surface area contributed by atoms with Crippen LogP contribution in [0, 0.1) is 23.2 Å². The van der Waals surface area contributed by atoms with Crippen molar-refractivity contribution in [3.63, 3.8) is 0 Å². The van der Waals surface area contributed by atoms with Crippen LogP contribution in [0.15, 0.2) is 48.5 Å². The molecule has 0 heterocycles. The maximum Gasteiger partial charge on any atom is 0.229 e. The van der Waals surface area contributed by atoms with E-state index in [1.165, 1.54) is 5.56 Å². The molecule has 1 amide bonds. The predicted molar refractivity (Wildman–Crippen MR) is 111 cm³/mol. The number of carbonyl (C=O) groups is 1. The third-order valence-corrected chi connectivity index (χ3v) is 6.17. The summed E-state index contributed by atoms with van der Waals surface area (Å²) in [6.45, 7) is 2.06. The summed E-state index contributed by atoms with van der Waals surface area (Å²) >= 11 is 0. The maximum atomic E-state index is 13.0. The third kappa shape index (κ3) is 4.36. The van der Waals surface area contributed by atoms with Gasteiger partial charge in [0.1, 0.15) is 5.75 Å². The molecule has 28 heavy (non-hydrogen) atoms. The van der Waals surface area contributed by atoms with Gasteiger partial charge in [-0.2, -0.15) is 5.26 Å². The average molecular weight is 377 g/mol. The van der Waals surface area contributed by atoms with Crippen LogP contribution in [0.25, 0.3) is 0 Å². The highest BCUT2D eigenvalue weighted by molar-refractivity contribution is 5.94. The number of hydrogen-bond donors (Lipinski definition) is 0. The zero-order valence-electron chi connectivity index (χ0n) is 16.9. The Kier molecular flexibility index (Phi) is 6.36. The smallest absolute Gasteiger partial charge is 0.229 e. The topological polar surface area (TPSA) is 53.3 Å². The van der Waals surface area contributed by atoms with Crippen LogP contribution in [0.1, 0.15) is 49.7 Å². The number of hydrogen-bond acceptors (Lipinski definition) is 3. The van der Waals surface area contributed by atoms with E-state index in [9.17, 15) is 4.79 Å². The Balaban J connectivity index is 1.58. The fourth-order valence-electron chi connectivity index (χ4n) is 4.22. The summed E-state index contributed by atoms with van der Waals surface area (Å²) < 4.78 is 5.25. The lowest BCUT2D eigenvalue weighted by atomic mass is 9.74. The Morgan fingerprint density at radius 2 is 1.68 bits per heavy atom. The van der Waals surface area contributed by atoms with Crippen molar-refractivity contribution in [3.8, 4) is 11.8 Å². The number of carbonyl (C=O) groups excluding carboxylic acids is 1. The standard InChI is InChI=1S/C24H28N2O2/c1-17(24(27)26(2)22-12-4-18(16-25)5-13-22)19-6-8-20(9-7-19)21-10-14-23(28-3)15-11-21/h4-5,10-15,17,19-20H,6-9H2,1-3H3. The average Bonchev–Trinajstić information content (AvgIpc) is 2.78. The van der Waals surface area contributed by atoms with Gasteiger partial charge in [0.2, 0.25) is 5.91 Å². The second kappa shape index (κ2) is 8.93. The molecule has 0 spiro atoms. The first-order valence-electron chi connectivity index (χ1n) is 9.95. The van der Waals surface area contributed by atoms with Crippen LogP contribution in [0.2, 0.25) is 0 Å². The Bertz CT molecular complexity index is 828. The van der Waals surface area contributed by atoms with E-state index in [2.05, 4.69) is 25.1 Å². The Hall–Kier alpha value is -2.80. The van der Waals surface area contributed by atoms with Crippen LogP contribution >= 0.6 is 0 Å². The molecule has 3 rings (SSSR count). The van der Waals surface area contributed by atoms with Crippen LogP contribution in [-0.2, 0) is 4.79 Å². The first-order valence-corrected chi connectivity index (χ1v) is 9.95. The molecule has 4 heteroatoms. The van der Waals surface area contributed by atoms with E-state index in [4.69, 9.17) is 10.00 Å². The van der Waals surface area contributed by atoms with Crippen molar-refractivity contribution in [1.82, 2.24) is 0 Å². The quantitative estimate of drug-likeness (QED) is 0.726. The number of anilines is 1. The molecule has 0 radical (unpaired) electrons. The highest BCUT2D eigenvalue weighted by Crippen LogP contribution is 2.39. The minimum Gasteiger partial charge on any atom is -0.497 e. The van der Waals surface area contributed by atoms with Crippen molar-refractivity contribution in [2.45, 2.75) is 38.5 Å². The molecule has 1 fully saturated rings. The molecule has 1 atom stereocenters. The van der Waals surface area contributed by atoms with Crippen LogP contribution < -0.4 is 9.64 Å². The maximum absolute atomic E-state index is 13.0. The van der Waals surface area contributed by atoms with Gasteiger partial charge >= 0.3 is 0 Å². The largest absolute Gasteiger partial charge is 0.497 e. The summed E-state index contributed by atoms with van der Waals surface area (Å²) in [6.07, 6.45) is 4.39. The van der Waals surface area contributed by atoms with Gasteiger partial charge in [-0.05, 0) is 79.5 Å². The van der Waals surface area contributed by atoms with Gasteiger partial charge in [0.05, 0.1) is 18.7 Å². The molecule has 0 bridgehead atoms. The van der Waals surface area contributed by atoms with E-state index < -0.39 is 0 Å². The lowest BCUT2D eigenvalue weighted by Crippen LogP contribution is -2.36. The normalized spacial score (nSPS) is 20.1. The molecule has 0 aromatic heterocycles. The van der Waals surface area contributed by atoms with Gasteiger partial charge in [0.25, 0.3) is 0 Å². The molecule has 0 saturated heterocycles. The number of nitriles is 1. The van der Waals surface area contributed by atoms with Gasteiger partial charge in [-0.1, -0.05) is 19.1 Å². The fourth-order valence-corrected chi connectivity index (χ4v) is 4.22. The number of benzene rings is 2. The minimum absolute atomic E-state index is 0.00235. The lowest BCUT2D eigenvalue weighted by molar-refractivity contribution is -0.123. The molecule has 0 aliphatic heterocycles. The predicted octanol–water partition coefficient (Wildman–Crippen LogP) is 5.14. The fraction of sp³-hybridized carbons (Fsp3) is 0.417. The lowest BCUT2D eigenvalue weighted by Gasteiger charge is -2.33. The number of amides is 1. The van der Waals surface area contributed by atoms with Crippen LogP contribution in [0.5, 0.6) is 5.75 Å². The van der Waals surface area contributed by atoms with E-state index in [1.54, 1.807) is 24.1 Å². The SMILES string of the molecule is COc1ccc(C2CCC(C(C)C(=O)N(C)c3ccc(C#N)cc3)CC2)cc1. The van der Waals surface area contributed by atoms with E-state index in [0.717, 1.165) is 37.1 Å². The molecule has 0 N–H and O–H groups in total. The molecule has 2 aromatic rings. The number of rotatable bonds is 5. The van der Waals surface area contributed by atoms with Gasteiger partial charge in [-0.15, -0.1) is 0 Å². The highest BCUT2D eigenvalue weighted by atomic mass is 16.5. The molecule has 1 aliphatic rings. The van der Waals surface area contributed by atoms with Crippen LogP contribution in [-0.4, -0.2) is 20.1 Å². The van der Waals surface area contributed by atoms with Gasteiger partial charge in [0, 0.05) is 18.7 Å². The summed E-state index contributed by atoms with van der Waals surface area (Å²) in [6, 6.07) is 17.7. The van der Waals surface area contributed by atoms with Crippen molar-refractivity contribution >= 4 is 11.6 Å². The second-order valence-corrected chi connectivity index (χ2v) is 7.73. The second-order valence-electron chi connectivity index (χ2n) is 7.73. The van der Waals surface area contributed by atoms with Gasteiger partial charge in [0.15, 0.2) is 0 Å². The van der Waals surface area contributed by atoms with E-state index in [1.807, 2.05) is 31.3 Å². The Labute approximate surface area is 167 Å². The zero-order chi connectivity index (χ0) is 20.1. The summed E-state index contributed by atoms with van der Waals surface area (Å²) in [5, 5.41) is 8.93. The Morgan fingerprint density at radius 1 is 1.07 bits per heavy atom.